The average Bonchev–Trinajstić information content (AvgIpc) is 3.29. The van der Waals surface area contributed by atoms with Gasteiger partial charge in [-0.15, -0.1) is 0 Å². The van der Waals surface area contributed by atoms with Gasteiger partial charge in [0.2, 0.25) is 12.5 Å². The smallest absolute Gasteiger partial charge is 0.231 e. The number of aromatic nitrogens is 1. The van der Waals surface area contributed by atoms with E-state index in [4.69, 9.17) is 14.2 Å². The Morgan fingerprint density at radius 1 is 1.15 bits per heavy atom. The molecule has 4 rings (SSSR count). The highest BCUT2D eigenvalue weighted by Crippen LogP contribution is 2.46. The van der Waals surface area contributed by atoms with Crippen molar-refractivity contribution >= 4 is 19.4 Å². The summed E-state index contributed by atoms with van der Waals surface area (Å²) in [5.74, 6) is 1.67. The summed E-state index contributed by atoms with van der Waals surface area (Å²) >= 11 is 1.30. The Labute approximate surface area is 158 Å². The van der Waals surface area contributed by atoms with Gasteiger partial charge in [0.15, 0.2) is 11.5 Å². The number of rotatable bonds is 5. The van der Waals surface area contributed by atoms with Crippen LogP contribution in [0.1, 0.15) is 0 Å². The van der Waals surface area contributed by atoms with Gasteiger partial charge in [-0.2, -0.15) is 4.37 Å². The molecule has 0 unspecified atom stereocenters. The lowest BCUT2D eigenvalue weighted by Crippen LogP contribution is -2.18. The Hall–Kier alpha value is -2.58. The first-order chi connectivity index (χ1) is 12.9. The van der Waals surface area contributed by atoms with Crippen LogP contribution in [0.5, 0.6) is 23.0 Å². The summed E-state index contributed by atoms with van der Waals surface area (Å²) in [5, 5.41) is 0. The summed E-state index contributed by atoms with van der Waals surface area (Å²) in [6.07, 6.45) is 1.71. The highest BCUT2D eigenvalue weighted by atomic mass is 32.1. The molecule has 27 heavy (non-hydrogen) atoms. The lowest BCUT2D eigenvalue weighted by atomic mass is 10.0. The van der Waals surface area contributed by atoms with Crippen molar-refractivity contribution in [1.82, 2.24) is 4.37 Å². The fourth-order valence-electron chi connectivity index (χ4n) is 2.74. The molecule has 1 aromatic heterocycles. The van der Waals surface area contributed by atoms with Crippen molar-refractivity contribution < 1.29 is 33.1 Å². The molecule has 0 saturated carbocycles. The van der Waals surface area contributed by atoms with Crippen molar-refractivity contribution in [2.75, 3.05) is 13.9 Å². The number of nitrogens with zero attached hydrogens (tertiary/aromatic N) is 1. The minimum Gasteiger partial charge on any atom is -0.780 e. The third-order valence-electron chi connectivity index (χ3n) is 3.87. The SMILES string of the molecule is COc1cc(-c2sncc2-c2ccc(OP(=O)([O-])[O-])cc2)cc2c1OCO2. The molecule has 3 aromatic rings. The van der Waals surface area contributed by atoms with Gasteiger partial charge in [-0.3, -0.25) is 0 Å². The van der Waals surface area contributed by atoms with Gasteiger partial charge in [-0.25, -0.2) is 0 Å². The van der Waals surface area contributed by atoms with Crippen LogP contribution in [0.15, 0.2) is 42.6 Å². The van der Waals surface area contributed by atoms with Gasteiger partial charge in [0, 0.05) is 17.3 Å². The number of methoxy groups -OCH3 is 1. The fourth-order valence-corrected chi connectivity index (χ4v) is 3.87. The predicted molar refractivity (Wildman–Crippen MR) is 93.9 cm³/mol. The van der Waals surface area contributed by atoms with Crippen molar-refractivity contribution in [2.24, 2.45) is 0 Å². The third kappa shape index (κ3) is 3.63. The molecule has 2 heterocycles. The van der Waals surface area contributed by atoms with E-state index in [0.29, 0.717) is 17.2 Å². The van der Waals surface area contributed by atoms with Crippen molar-refractivity contribution in [3.63, 3.8) is 0 Å². The molecule has 1 aliphatic heterocycles. The number of fused-ring (bicyclic) bond motifs is 1. The number of phosphoric acid groups is 1. The Kier molecular flexibility index (Phi) is 4.53. The van der Waals surface area contributed by atoms with Crippen LogP contribution in [0.2, 0.25) is 0 Å². The molecule has 140 valence electrons. The molecule has 0 spiro atoms. The summed E-state index contributed by atoms with van der Waals surface area (Å²) in [7, 11) is -3.53. The molecule has 0 aliphatic carbocycles. The van der Waals surface area contributed by atoms with E-state index in [1.807, 2.05) is 12.1 Å². The highest BCUT2D eigenvalue weighted by Gasteiger charge is 2.22. The maximum atomic E-state index is 10.7. The van der Waals surface area contributed by atoms with Gasteiger partial charge < -0.3 is 33.1 Å². The molecule has 8 nitrogen and oxygen atoms in total. The lowest BCUT2D eigenvalue weighted by molar-refractivity contribution is -0.333. The number of ether oxygens (including phenoxy) is 3. The summed E-state index contributed by atoms with van der Waals surface area (Å²) in [5.41, 5.74) is 2.46. The Morgan fingerprint density at radius 3 is 2.63 bits per heavy atom. The minimum atomic E-state index is -5.09. The van der Waals surface area contributed by atoms with Crippen LogP contribution < -0.4 is 28.5 Å². The second kappa shape index (κ2) is 6.86. The van der Waals surface area contributed by atoms with Crippen molar-refractivity contribution in [3.05, 3.63) is 42.6 Å². The zero-order chi connectivity index (χ0) is 19.0. The van der Waals surface area contributed by atoms with E-state index in [1.165, 1.54) is 23.7 Å². The van der Waals surface area contributed by atoms with Crippen LogP contribution in [0.4, 0.5) is 0 Å². The van der Waals surface area contributed by atoms with Crippen LogP contribution >= 0.6 is 19.4 Å². The second-order valence-corrected chi connectivity index (χ2v) is 7.42. The normalized spacial score (nSPS) is 12.9. The first-order valence-corrected chi connectivity index (χ1v) is 9.93. The van der Waals surface area contributed by atoms with Crippen LogP contribution in [0, 0.1) is 0 Å². The first-order valence-electron chi connectivity index (χ1n) is 7.69. The van der Waals surface area contributed by atoms with Gasteiger partial charge in [0.25, 0.3) is 0 Å². The van der Waals surface area contributed by atoms with Crippen LogP contribution in [0.3, 0.4) is 0 Å². The molecule has 0 fully saturated rings. The number of hydrogen-bond donors (Lipinski definition) is 0. The molecule has 0 amide bonds. The monoisotopic (exact) mass is 405 g/mol. The molecule has 1 aliphatic rings. The molecule has 0 N–H and O–H groups in total. The number of benzene rings is 2. The van der Waals surface area contributed by atoms with E-state index in [9.17, 15) is 14.4 Å². The average molecular weight is 405 g/mol. The van der Waals surface area contributed by atoms with E-state index in [-0.39, 0.29) is 12.5 Å². The zero-order valence-corrected chi connectivity index (χ0v) is 15.6. The minimum absolute atomic E-state index is 0.0402. The highest BCUT2D eigenvalue weighted by molar-refractivity contribution is 7.43. The molecular weight excluding hydrogens is 393 g/mol. The third-order valence-corrected chi connectivity index (χ3v) is 5.16. The van der Waals surface area contributed by atoms with E-state index in [1.54, 1.807) is 25.4 Å². The Balaban J connectivity index is 1.71. The van der Waals surface area contributed by atoms with Gasteiger partial charge in [-0.1, -0.05) is 12.1 Å². The molecule has 2 aromatic carbocycles. The number of phosphoric ester groups is 1. The van der Waals surface area contributed by atoms with Crippen molar-refractivity contribution in [2.45, 2.75) is 0 Å². The van der Waals surface area contributed by atoms with Crippen LogP contribution in [-0.4, -0.2) is 18.3 Å². The quantitative estimate of drug-likeness (QED) is 0.595. The second-order valence-electron chi connectivity index (χ2n) is 5.54. The van der Waals surface area contributed by atoms with Crippen molar-refractivity contribution in [3.8, 4) is 44.6 Å². The van der Waals surface area contributed by atoms with Crippen molar-refractivity contribution in [1.29, 1.82) is 0 Å². The molecule has 0 saturated heterocycles. The molecule has 0 bridgehead atoms. The summed E-state index contributed by atoms with van der Waals surface area (Å²) < 4.78 is 35.6. The largest absolute Gasteiger partial charge is 0.780 e. The van der Waals surface area contributed by atoms with Gasteiger partial charge in [-0.05, 0) is 41.4 Å². The zero-order valence-electron chi connectivity index (χ0n) is 13.9. The van der Waals surface area contributed by atoms with Crippen LogP contribution in [0.25, 0.3) is 21.6 Å². The van der Waals surface area contributed by atoms with Gasteiger partial charge >= 0.3 is 0 Å². The van der Waals surface area contributed by atoms with E-state index < -0.39 is 7.82 Å². The Bertz CT molecular complexity index is 1030. The Morgan fingerprint density at radius 2 is 1.93 bits per heavy atom. The summed E-state index contributed by atoms with van der Waals surface area (Å²) in [4.78, 5) is 22.3. The fraction of sp³-hybridized carbons (Fsp3) is 0.118. The molecule has 10 heteroatoms. The molecular formula is C17H12NO7PS-2. The lowest BCUT2D eigenvalue weighted by Gasteiger charge is -2.28. The topological polar surface area (TPSA) is 113 Å². The summed E-state index contributed by atoms with van der Waals surface area (Å²) in [6, 6.07) is 9.83. The maximum absolute atomic E-state index is 10.7. The van der Waals surface area contributed by atoms with Gasteiger partial charge in [0.05, 0.1) is 12.0 Å². The summed E-state index contributed by atoms with van der Waals surface area (Å²) in [6.45, 7) is 0.134. The van der Waals surface area contributed by atoms with Gasteiger partial charge in [0.1, 0.15) is 13.6 Å². The van der Waals surface area contributed by atoms with Crippen LogP contribution in [-0.2, 0) is 4.57 Å². The maximum Gasteiger partial charge on any atom is 0.231 e. The molecule has 0 radical (unpaired) electrons. The van der Waals surface area contributed by atoms with E-state index >= 15 is 0 Å². The predicted octanol–water partition coefficient (Wildman–Crippen LogP) is 2.42. The first kappa shape index (κ1) is 17.8. The molecule has 0 atom stereocenters. The standard InChI is InChI=1S/C17H14NO7PS/c1-22-14-6-11(7-15-16(14)24-9-23-15)17-13(8-18-27-17)10-2-4-12(5-3-10)25-26(19,20)21/h2-8H,9H2,1H3,(H2,19,20,21)/p-2. The number of hydrogen-bond acceptors (Lipinski definition) is 9. The van der Waals surface area contributed by atoms with E-state index in [0.717, 1.165) is 21.6 Å². The van der Waals surface area contributed by atoms with E-state index in [2.05, 4.69) is 8.90 Å².